The van der Waals surface area contributed by atoms with Crippen LogP contribution in [0.4, 0.5) is 21.3 Å². The van der Waals surface area contributed by atoms with E-state index in [2.05, 4.69) is 32.7 Å². The molecule has 1 fully saturated rings. The van der Waals surface area contributed by atoms with E-state index < -0.39 is 0 Å². The number of para-hydroxylation sites is 1. The Hall–Kier alpha value is -3.39. The monoisotopic (exact) mass is 435 g/mol. The van der Waals surface area contributed by atoms with Crippen LogP contribution in [0.25, 0.3) is 0 Å². The average Bonchev–Trinajstić information content (AvgIpc) is 3.15. The van der Waals surface area contributed by atoms with Gasteiger partial charge < -0.3 is 15.1 Å². The summed E-state index contributed by atoms with van der Waals surface area (Å²) in [5.74, 6) is -0.0327. The molecule has 160 valence electrons. The highest BCUT2D eigenvalue weighted by molar-refractivity contribution is 7.17. The summed E-state index contributed by atoms with van der Waals surface area (Å²) in [4.78, 5) is 34.4. The molecule has 0 unspecified atom stereocenters. The summed E-state index contributed by atoms with van der Waals surface area (Å²) in [6, 6.07) is 17.4. The van der Waals surface area contributed by atoms with Crippen molar-refractivity contribution in [2.45, 2.75) is 13.8 Å². The van der Waals surface area contributed by atoms with Gasteiger partial charge in [0.1, 0.15) is 4.88 Å². The van der Waals surface area contributed by atoms with Crippen molar-refractivity contribution < 1.29 is 9.59 Å². The quantitative estimate of drug-likeness (QED) is 0.638. The van der Waals surface area contributed by atoms with Crippen LogP contribution in [0, 0.1) is 13.8 Å². The van der Waals surface area contributed by atoms with Gasteiger partial charge in [0.25, 0.3) is 5.91 Å². The van der Waals surface area contributed by atoms with E-state index in [0.717, 1.165) is 18.7 Å². The van der Waals surface area contributed by atoms with Crippen molar-refractivity contribution in [2.75, 3.05) is 41.7 Å². The minimum absolute atomic E-state index is 0.0327. The lowest BCUT2D eigenvalue weighted by molar-refractivity contribution is 0.0750. The number of piperazine rings is 1. The minimum atomic E-state index is -0.381. The first kappa shape index (κ1) is 20.9. The van der Waals surface area contributed by atoms with E-state index in [4.69, 9.17) is 0 Å². The molecule has 1 aliphatic rings. The van der Waals surface area contributed by atoms with Gasteiger partial charge in [0.15, 0.2) is 5.13 Å². The van der Waals surface area contributed by atoms with E-state index in [1.165, 1.54) is 17.0 Å². The van der Waals surface area contributed by atoms with Crippen molar-refractivity contribution in [2.24, 2.45) is 0 Å². The number of amides is 3. The molecule has 8 heteroatoms. The number of aryl methyl sites for hydroxylation is 2. The number of benzene rings is 2. The number of nitrogens with zero attached hydrogens (tertiary/aromatic N) is 3. The molecule has 1 saturated heterocycles. The first-order valence-electron chi connectivity index (χ1n) is 10.2. The Morgan fingerprint density at radius 2 is 1.58 bits per heavy atom. The third-order valence-electron chi connectivity index (χ3n) is 5.21. The minimum Gasteiger partial charge on any atom is -0.368 e. The lowest BCUT2D eigenvalue weighted by Gasteiger charge is -2.36. The number of nitrogens with one attached hydrogen (secondary N) is 2. The Morgan fingerprint density at radius 1 is 0.903 bits per heavy atom. The fraction of sp³-hybridized carbons (Fsp3) is 0.261. The predicted octanol–water partition coefficient (Wildman–Crippen LogP) is 4.37. The number of anilines is 3. The van der Waals surface area contributed by atoms with Gasteiger partial charge in [-0.2, -0.15) is 0 Å². The van der Waals surface area contributed by atoms with Crippen LogP contribution < -0.4 is 15.5 Å². The third kappa shape index (κ3) is 5.03. The molecule has 0 atom stereocenters. The number of thiazole rings is 1. The maximum absolute atomic E-state index is 13.0. The molecule has 0 bridgehead atoms. The largest absolute Gasteiger partial charge is 0.368 e. The van der Waals surface area contributed by atoms with Crippen LogP contribution in [0.15, 0.2) is 54.6 Å². The summed E-state index contributed by atoms with van der Waals surface area (Å²) in [7, 11) is 0. The van der Waals surface area contributed by atoms with E-state index in [1.54, 1.807) is 6.92 Å². The van der Waals surface area contributed by atoms with Crippen molar-refractivity contribution in [3.63, 3.8) is 0 Å². The van der Waals surface area contributed by atoms with E-state index in [1.807, 2.05) is 54.3 Å². The zero-order valence-electron chi connectivity index (χ0n) is 17.6. The molecule has 2 N–H and O–H groups in total. The molecule has 0 aliphatic carbocycles. The second kappa shape index (κ2) is 9.18. The molecular formula is C23H25N5O2S. The molecule has 0 saturated carbocycles. The van der Waals surface area contributed by atoms with Gasteiger partial charge >= 0.3 is 6.03 Å². The topological polar surface area (TPSA) is 77.6 Å². The lowest BCUT2D eigenvalue weighted by atomic mass is 10.2. The normalized spacial score (nSPS) is 13.7. The van der Waals surface area contributed by atoms with E-state index in [0.29, 0.717) is 34.5 Å². The first-order valence-corrected chi connectivity index (χ1v) is 11.0. The van der Waals surface area contributed by atoms with Crippen LogP contribution in [0.2, 0.25) is 0 Å². The summed E-state index contributed by atoms with van der Waals surface area (Å²) < 4.78 is 0. The molecule has 1 aromatic heterocycles. The van der Waals surface area contributed by atoms with Gasteiger partial charge in [-0.3, -0.25) is 10.1 Å². The molecule has 31 heavy (non-hydrogen) atoms. The van der Waals surface area contributed by atoms with Crippen molar-refractivity contribution in [1.29, 1.82) is 0 Å². The Bertz CT molecular complexity index is 1060. The average molecular weight is 436 g/mol. The molecule has 7 nitrogen and oxygen atoms in total. The number of aromatic nitrogens is 1. The zero-order chi connectivity index (χ0) is 21.8. The molecule has 4 rings (SSSR count). The SMILES string of the molecule is Cc1ccc(NC(=O)Nc2nc(C)c(C(=O)N3CCN(c4ccccc4)CC3)s2)cc1. The lowest BCUT2D eigenvalue weighted by Crippen LogP contribution is -2.48. The Balaban J connectivity index is 1.35. The van der Waals surface area contributed by atoms with Gasteiger partial charge in [0, 0.05) is 37.6 Å². The predicted molar refractivity (Wildman–Crippen MR) is 125 cm³/mol. The summed E-state index contributed by atoms with van der Waals surface area (Å²) in [5, 5.41) is 5.92. The van der Waals surface area contributed by atoms with Gasteiger partial charge in [0.2, 0.25) is 0 Å². The van der Waals surface area contributed by atoms with Gasteiger partial charge in [0.05, 0.1) is 5.69 Å². The highest BCUT2D eigenvalue weighted by Crippen LogP contribution is 2.25. The zero-order valence-corrected chi connectivity index (χ0v) is 18.4. The smallest absolute Gasteiger partial charge is 0.325 e. The maximum Gasteiger partial charge on any atom is 0.325 e. The van der Waals surface area contributed by atoms with Crippen molar-refractivity contribution >= 4 is 39.8 Å². The molecule has 0 spiro atoms. The molecule has 3 aromatic rings. The first-order chi connectivity index (χ1) is 15.0. The number of rotatable bonds is 4. The molecule has 2 aromatic carbocycles. The Kier molecular flexibility index (Phi) is 6.18. The van der Waals surface area contributed by atoms with Crippen molar-refractivity contribution in [3.8, 4) is 0 Å². The van der Waals surface area contributed by atoms with Crippen LogP contribution in [-0.4, -0.2) is 48.0 Å². The van der Waals surface area contributed by atoms with Gasteiger partial charge in [-0.05, 0) is 38.1 Å². The van der Waals surface area contributed by atoms with E-state index in [-0.39, 0.29) is 11.9 Å². The Labute approximate surface area is 185 Å². The fourth-order valence-electron chi connectivity index (χ4n) is 3.49. The van der Waals surface area contributed by atoms with Crippen molar-refractivity contribution in [1.82, 2.24) is 9.88 Å². The third-order valence-corrected chi connectivity index (χ3v) is 6.27. The summed E-state index contributed by atoms with van der Waals surface area (Å²) in [6.45, 7) is 6.67. The van der Waals surface area contributed by atoms with Crippen LogP contribution in [0.1, 0.15) is 20.9 Å². The summed E-state index contributed by atoms with van der Waals surface area (Å²) in [6.07, 6.45) is 0. The molecular weight excluding hydrogens is 410 g/mol. The second-order valence-corrected chi connectivity index (χ2v) is 8.49. The number of carbonyl (C=O) groups excluding carboxylic acids is 2. The van der Waals surface area contributed by atoms with Crippen LogP contribution >= 0.6 is 11.3 Å². The number of urea groups is 1. The van der Waals surface area contributed by atoms with E-state index >= 15 is 0 Å². The van der Waals surface area contributed by atoms with Crippen LogP contribution in [0.3, 0.4) is 0 Å². The highest BCUT2D eigenvalue weighted by atomic mass is 32.1. The van der Waals surface area contributed by atoms with E-state index in [9.17, 15) is 9.59 Å². The number of carbonyl (C=O) groups is 2. The summed E-state index contributed by atoms with van der Waals surface area (Å²) in [5.41, 5.74) is 3.62. The Morgan fingerprint density at radius 3 is 2.26 bits per heavy atom. The van der Waals surface area contributed by atoms with Gasteiger partial charge in [-0.25, -0.2) is 9.78 Å². The van der Waals surface area contributed by atoms with Gasteiger partial charge in [-0.1, -0.05) is 47.2 Å². The molecule has 2 heterocycles. The van der Waals surface area contributed by atoms with Gasteiger partial charge in [-0.15, -0.1) is 0 Å². The number of hydrogen-bond donors (Lipinski definition) is 2. The molecule has 1 aliphatic heterocycles. The standard InChI is InChI=1S/C23H25N5O2S/c1-16-8-10-18(11-9-16)25-22(30)26-23-24-17(2)20(31-23)21(29)28-14-12-27(13-15-28)19-6-4-3-5-7-19/h3-11H,12-15H2,1-2H3,(H2,24,25,26,30). The van der Waals surface area contributed by atoms with Crippen molar-refractivity contribution in [3.05, 3.63) is 70.7 Å². The second-order valence-electron chi connectivity index (χ2n) is 7.49. The van der Waals surface area contributed by atoms with Crippen LogP contribution in [0.5, 0.6) is 0 Å². The van der Waals surface area contributed by atoms with Crippen LogP contribution in [-0.2, 0) is 0 Å². The molecule has 3 amide bonds. The highest BCUT2D eigenvalue weighted by Gasteiger charge is 2.26. The fourth-order valence-corrected chi connectivity index (χ4v) is 4.42. The number of hydrogen-bond acceptors (Lipinski definition) is 5. The maximum atomic E-state index is 13.0. The molecule has 0 radical (unpaired) electrons. The summed E-state index contributed by atoms with van der Waals surface area (Å²) >= 11 is 1.21.